The van der Waals surface area contributed by atoms with Gasteiger partial charge in [-0.05, 0) is 48.6 Å². The minimum absolute atomic E-state index is 0.114. The van der Waals surface area contributed by atoms with E-state index in [0.29, 0.717) is 19.5 Å². The number of fused-ring (bicyclic) bond motifs is 1. The standard InChI is InChI=1S/C34H38N4O2/c39-33(23-22-27-13-4-1-5-14-27)35-24-12-21-32-36-30-19-10-11-20-31(30)38(32)26-34(40)37(29-17-8-3-9-18-29)25-28-15-6-2-7-16-28/h1-2,4-7,10-11,13-16,19-20,22-23,29H,3,8-9,12,17-18,21,24-26H2,(H,35,39)/b23-22-. The van der Waals surface area contributed by atoms with Crippen LogP contribution in [0.2, 0.25) is 0 Å². The number of imidazole rings is 1. The lowest BCUT2D eigenvalue weighted by atomic mass is 9.93. The second-order valence-electron chi connectivity index (χ2n) is 10.5. The van der Waals surface area contributed by atoms with Crippen LogP contribution in [0.25, 0.3) is 17.1 Å². The Morgan fingerprint density at radius 3 is 2.38 bits per heavy atom. The molecule has 0 bridgehead atoms. The fourth-order valence-corrected chi connectivity index (χ4v) is 5.57. The first-order valence-electron chi connectivity index (χ1n) is 14.5. The van der Waals surface area contributed by atoms with Crippen LogP contribution in [0.5, 0.6) is 0 Å². The molecule has 0 radical (unpaired) electrons. The van der Waals surface area contributed by atoms with Gasteiger partial charge in [-0.25, -0.2) is 4.98 Å². The third-order valence-electron chi connectivity index (χ3n) is 7.66. The van der Waals surface area contributed by atoms with Crippen molar-refractivity contribution in [2.24, 2.45) is 0 Å². The number of carbonyl (C=O) groups is 2. The zero-order valence-electron chi connectivity index (χ0n) is 23.0. The molecule has 1 aliphatic rings. The number of hydrogen-bond acceptors (Lipinski definition) is 3. The highest BCUT2D eigenvalue weighted by molar-refractivity contribution is 5.91. The van der Waals surface area contributed by atoms with Crippen molar-refractivity contribution in [3.05, 3.63) is 108 Å². The van der Waals surface area contributed by atoms with Gasteiger partial charge >= 0.3 is 0 Å². The molecular weight excluding hydrogens is 496 g/mol. The van der Waals surface area contributed by atoms with Gasteiger partial charge in [0.05, 0.1) is 11.0 Å². The van der Waals surface area contributed by atoms with Crippen LogP contribution in [0, 0.1) is 0 Å². The lowest BCUT2D eigenvalue weighted by Gasteiger charge is -2.35. The highest BCUT2D eigenvalue weighted by Crippen LogP contribution is 2.25. The summed E-state index contributed by atoms with van der Waals surface area (Å²) in [5.41, 5.74) is 4.02. The first-order valence-corrected chi connectivity index (χ1v) is 14.5. The van der Waals surface area contributed by atoms with Crippen LogP contribution >= 0.6 is 0 Å². The maximum absolute atomic E-state index is 13.9. The van der Waals surface area contributed by atoms with E-state index in [9.17, 15) is 9.59 Å². The van der Waals surface area contributed by atoms with Crippen LogP contribution in [0.3, 0.4) is 0 Å². The average Bonchev–Trinajstić information content (AvgIpc) is 3.35. The number of amides is 2. The average molecular weight is 535 g/mol. The molecule has 4 aromatic rings. The first kappa shape index (κ1) is 27.4. The van der Waals surface area contributed by atoms with Gasteiger partial charge in [0.1, 0.15) is 12.4 Å². The molecule has 0 spiro atoms. The van der Waals surface area contributed by atoms with Crippen molar-refractivity contribution in [2.75, 3.05) is 6.54 Å². The van der Waals surface area contributed by atoms with E-state index in [1.54, 1.807) is 6.08 Å². The normalized spacial score (nSPS) is 14.0. The third kappa shape index (κ3) is 7.26. The quantitative estimate of drug-likeness (QED) is 0.185. The molecule has 6 nitrogen and oxygen atoms in total. The Kier molecular flexibility index (Phi) is 9.41. The Morgan fingerprint density at radius 2 is 1.60 bits per heavy atom. The fourth-order valence-electron chi connectivity index (χ4n) is 5.57. The van der Waals surface area contributed by atoms with Crippen molar-refractivity contribution in [2.45, 2.75) is 64.1 Å². The van der Waals surface area contributed by atoms with E-state index in [1.807, 2.05) is 78.9 Å². The van der Waals surface area contributed by atoms with Gasteiger partial charge in [-0.1, -0.05) is 92.1 Å². The molecule has 3 aromatic carbocycles. The first-order chi connectivity index (χ1) is 19.7. The minimum Gasteiger partial charge on any atom is -0.353 e. The minimum atomic E-state index is -0.114. The summed E-state index contributed by atoms with van der Waals surface area (Å²) in [6.07, 6.45) is 10.5. The zero-order valence-corrected chi connectivity index (χ0v) is 23.0. The Hall–Kier alpha value is -4.19. The van der Waals surface area contributed by atoms with Crippen molar-refractivity contribution in [1.29, 1.82) is 0 Å². The van der Waals surface area contributed by atoms with E-state index in [-0.39, 0.29) is 24.4 Å². The number of rotatable bonds is 11. The van der Waals surface area contributed by atoms with Crippen LogP contribution in [0.1, 0.15) is 55.5 Å². The van der Waals surface area contributed by atoms with Crippen molar-refractivity contribution in [3.8, 4) is 0 Å². The summed E-state index contributed by atoms with van der Waals surface area (Å²) in [4.78, 5) is 33.2. The molecule has 1 fully saturated rings. The number of aromatic nitrogens is 2. The van der Waals surface area contributed by atoms with Gasteiger partial charge in [-0.2, -0.15) is 0 Å². The van der Waals surface area contributed by atoms with Gasteiger partial charge < -0.3 is 14.8 Å². The van der Waals surface area contributed by atoms with Gasteiger partial charge in [0.15, 0.2) is 0 Å². The predicted octanol–water partition coefficient (Wildman–Crippen LogP) is 6.16. The van der Waals surface area contributed by atoms with Crippen LogP contribution < -0.4 is 5.32 Å². The van der Waals surface area contributed by atoms with Crippen LogP contribution in [0.4, 0.5) is 0 Å². The van der Waals surface area contributed by atoms with Crippen LogP contribution in [-0.4, -0.2) is 38.9 Å². The molecule has 1 saturated carbocycles. The fraction of sp³-hybridized carbons (Fsp3) is 0.324. The van der Waals surface area contributed by atoms with Crippen molar-refractivity contribution in [3.63, 3.8) is 0 Å². The summed E-state index contributed by atoms with van der Waals surface area (Å²) >= 11 is 0. The molecule has 40 heavy (non-hydrogen) atoms. The topological polar surface area (TPSA) is 67.2 Å². The summed E-state index contributed by atoms with van der Waals surface area (Å²) in [5, 5.41) is 2.97. The summed E-state index contributed by atoms with van der Waals surface area (Å²) in [6, 6.07) is 28.4. The largest absolute Gasteiger partial charge is 0.353 e. The van der Waals surface area contributed by atoms with E-state index >= 15 is 0 Å². The summed E-state index contributed by atoms with van der Waals surface area (Å²) < 4.78 is 2.08. The van der Waals surface area contributed by atoms with E-state index in [1.165, 1.54) is 19.3 Å². The molecule has 2 amide bonds. The second kappa shape index (κ2) is 13.7. The molecule has 0 unspecified atom stereocenters. The molecular formula is C34H38N4O2. The van der Waals surface area contributed by atoms with Gasteiger partial charge in [0.2, 0.25) is 11.8 Å². The number of hydrogen-bond donors (Lipinski definition) is 1. The zero-order chi connectivity index (χ0) is 27.6. The summed E-state index contributed by atoms with van der Waals surface area (Å²) in [6.45, 7) is 1.44. The lowest BCUT2D eigenvalue weighted by molar-refractivity contribution is -0.135. The maximum atomic E-state index is 13.9. The number of aryl methyl sites for hydroxylation is 1. The van der Waals surface area contributed by atoms with E-state index in [4.69, 9.17) is 4.98 Å². The predicted molar refractivity (Wildman–Crippen MR) is 160 cm³/mol. The molecule has 0 aliphatic heterocycles. The number of nitrogens with zero attached hydrogens (tertiary/aromatic N) is 3. The number of para-hydroxylation sites is 2. The van der Waals surface area contributed by atoms with Gasteiger partial charge in [0.25, 0.3) is 0 Å². The van der Waals surface area contributed by atoms with E-state index in [0.717, 1.165) is 47.2 Å². The molecule has 5 rings (SSSR count). The van der Waals surface area contributed by atoms with Crippen molar-refractivity contribution >= 4 is 28.9 Å². The third-order valence-corrected chi connectivity index (χ3v) is 7.66. The van der Waals surface area contributed by atoms with Gasteiger partial charge in [-0.15, -0.1) is 0 Å². The number of nitrogens with one attached hydrogen (secondary N) is 1. The molecule has 1 aliphatic carbocycles. The molecule has 206 valence electrons. The maximum Gasteiger partial charge on any atom is 0.243 e. The van der Waals surface area contributed by atoms with Crippen LogP contribution in [0.15, 0.2) is 91.0 Å². The Bertz CT molecular complexity index is 1420. The van der Waals surface area contributed by atoms with Crippen LogP contribution in [-0.2, 0) is 29.1 Å². The smallest absolute Gasteiger partial charge is 0.243 e. The summed E-state index contributed by atoms with van der Waals surface area (Å²) in [7, 11) is 0. The second-order valence-corrected chi connectivity index (χ2v) is 10.5. The highest BCUT2D eigenvalue weighted by Gasteiger charge is 2.26. The molecule has 6 heteroatoms. The highest BCUT2D eigenvalue weighted by atomic mass is 16.2. The van der Waals surface area contributed by atoms with Gasteiger partial charge in [0, 0.05) is 31.6 Å². The van der Waals surface area contributed by atoms with Crippen molar-refractivity contribution in [1.82, 2.24) is 19.8 Å². The number of carbonyl (C=O) groups excluding carboxylic acids is 2. The van der Waals surface area contributed by atoms with Crippen molar-refractivity contribution < 1.29 is 9.59 Å². The molecule has 1 heterocycles. The molecule has 1 N–H and O–H groups in total. The Morgan fingerprint density at radius 1 is 0.900 bits per heavy atom. The summed E-state index contributed by atoms with van der Waals surface area (Å²) in [5.74, 6) is 0.906. The van der Waals surface area contributed by atoms with E-state index in [2.05, 4.69) is 26.9 Å². The van der Waals surface area contributed by atoms with E-state index < -0.39 is 0 Å². The lowest BCUT2D eigenvalue weighted by Crippen LogP contribution is -2.42. The SMILES string of the molecule is O=C(/C=C\c1ccccc1)NCCCc1nc2ccccc2n1CC(=O)N(Cc1ccccc1)C1CCCCC1. The monoisotopic (exact) mass is 534 g/mol. The molecule has 0 saturated heterocycles. The van der Waals surface area contributed by atoms with Gasteiger partial charge in [-0.3, -0.25) is 9.59 Å². The Balaban J connectivity index is 1.26. The molecule has 0 atom stereocenters. The number of benzene rings is 3. The molecule has 1 aromatic heterocycles. The Labute approximate surface area is 236 Å².